The highest BCUT2D eigenvalue weighted by Crippen LogP contribution is 2.51. The van der Waals surface area contributed by atoms with E-state index in [4.69, 9.17) is 0 Å². The van der Waals surface area contributed by atoms with Crippen LogP contribution in [0.1, 0.15) is 44.5 Å². The number of halogens is 1. The van der Waals surface area contributed by atoms with E-state index in [2.05, 4.69) is 4.90 Å². The molecule has 1 aromatic carbocycles. The van der Waals surface area contributed by atoms with E-state index in [1.807, 2.05) is 20.8 Å². The molecule has 130 valence electrons. The summed E-state index contributed by atoms with van der Waals surface area (Å²) in [4.78, 5) is 26.7. The molecule has 2 heterocycles. The number of anilines is 1. The lowest BCUT2D eigenvalue weighted by Gasteiger charge is -2.48. The van der Waals surface area contributed by atoms with Crippen molar-refractivity contribution in [2.45, 2.75) is 45.7 Å². The summed E-state index contributed by atoms with van der Waals surface area (Å²) in [7, 11) is 0. The molecule has 0 saturated carbocycles. The van der Waals surface area contributed by atoms with Crippen LogP contribution in [0.4, 0.5) is 14.9 Å². The Morgan fingerprint density at radius 2 is 2.00 bits per heavy atom. The normalized spacial score (nSPS) is 26.1. The molecule has 1 amide bonds. The van der Waals surface area contributed by atoms with E-state index >= 15 is 0 Å². The zero-order valence-corrected chi connectivity index (χ0v) is 14.5. The van der Waals surface area contributed by atoms with Gasteiger partial charge in [0.25, 0.3) is 0 Å². The molecule has 0 unspecified atom stereocenters. The second-order valence-corrected chi connectivity index (χ2v) is 7.88. The highest BCUT2D eigenvalue weighted by atomic mass is 19.1. The standard InChI is InChI=1S/C18H23FN2O3/c1-11(22)14-6-5-12(7-15(14)19)20-10-18(17(2,3)4)8-13(20)9-21(18)16(23)24/h5-7,13H,8-10H2,1-4H3,(H,23,24)/t13-,18+/m0/s1. The summed E-state index contributed by atoms with van der Waals surface area (Å²) in [6.45, 7) is 8.45. The molecule has 2 fully saturated rings. The van der Waals surface area contributed by atoms with Crippen LogP contribution in [0.25, 0.3) is 0 Å². The number of benzene rings is 1. The summed E-state index contributed by atoms with van der Waals surface area (Å²) in [6.07, 6.45) is -0.163. The quantitative estimate of drug-likeness (QED) is 0.842. The molecule has 0 aliphatic carbocycles. The Balaban J connectivity index is 1.96. The van der Waals surface area contributed by atoms with Gasteiger partial charge in [-0.3, -0.25) is 9.69 Å². The Morgan fingerprint density at radius 1 is 1.33 bits per heavy atom. The second kappa shape index (κ2) is 5.19. The largest absolute Gasteiger partial charge is 0.465 e. The molecule has 2 saturated heterocycles. The van der Waals surface area contributed by atoms with E-state index in [-0.39, 0.29) is 22.8 Å². The van der Waals surface area contributed by atoms with Gasteiger partial charge in [0.15, 0.2) is 5.78 Å². The summed E-state index contributed by atoms with van der Waals surface area (Å²) < 4.78 is 14.2. The summed E-state index contributed by atoms with van der Waals surface area (Å²) in [5.41, 5.74) is 0.0749. The van der Waals surface area contributed by atoms with Crippen LogP contribution in [0.3, 0.4) is 0 Å². The first-order chi connectivity index (χ1) is 11.1. The van der Waals surface area contributed by atoms with Crippen LogP contribution in [0.2, 0.25) is 0 Å². The summed E-state index contributed by atoms with van der Waals surface area (Å²) in [5.74, 6) is -0.826. The number of carboxylic acid groups (broad SMARTS) is 1. The number of nitrogens with zero attached hydrogens (tertiary/aromatic N) is 2. The third-order valence-electron chi connectivity index (χ3n) is 5.65. The third kappa shape index (κ3) is 2.27. The zero-order chi connectivity index (χ0) is 17.9. The van der Waals surface area contributed by atoms with Crippen molar-refractivity contribution < 1.29 is 19.1 Å². The number of piperazine rings is 1. The minimum Gasteiger partial charge on any atom is -0.465 e. The van der Waals surface area contributed by atoms with E-state index in [0.717, 1.165) is 6.42 Å². The number of Topliss-reactive ketones (excluding diaryl/α,β-unsaturated/α-hetero) is 1. The molecule has 2 aliphatic heterocycles. The average Bonchev–Trinajstić information content (AvgIpc) is 3.03. The first-order valence-electron chi connectivity index (χ1n) is 8.14. The fourth-order valence-corrected chi connectivity index (χ4v) is 4.20. The van der Waals surface area contributed by atoms with Crippen LogP contribution < -0.4 is 4.90 Å². The van der Waals surface area contributed by atoms with Gasteiger partial charge in [-0.15, -0.1) is 0 Å². The Bertz CT molecular complexity index is 713. The SMILES string of the molecule is CC(=O)c1ccc(N2C[C@@]3(C(C)(C)C)C[C@H]2CN3C(=O)O)cc1F. The first kappa shape index (κ1) is 16.7. The molecule has 2 aliphatic rings. The van der Waals surface area contributed by atoms with E-state index in [1.54, 1.807) is 11.0 Å². The lowest BCUT2D eigenvalue weighted by atomic mass is 9.73. The Kier molecular flexibility index (Phi) is 3.62. The van der Waals surface area contributed by atoms with Crippen molar-refractivity contribution in [1.29, 1.82) is 0 Å². The summed E-state index contributed by atoms with van der Waals surface area (Å²) >= 11 is 0. The Hall–Kier alpha value is -2.11. The van der Waals surface area contributed by atoms with Gasteiger partial charge in [-0.25, -0.2) is 9.18 Å². The minimum absolute atomic E-state index is 0.0305. The van der Waals surface area contributed by atoms with Crippen molar-refractivity contribution in [3.05, 3.63) is 29.6 Å². The van der Waals surface area contributed by atoms with E-state index in [0.29, 0.717) is 18.8 Å². The van der Waals surface area contributed by atoms with Gasteiger partial charge in [-0.2, -0.15) is 0 Å². The summed E-state index contributed by atoms with van der Waals surface area (Å²) in [5, 5.41) is 9.57. The number of hydrogen-bond donors (Lipinski definition) is 1. The van der Waals surface area contributed by atoms with Gasteiger partial charge in [0, 0.05) is 24.8 Å². The van der Waals surface area contributed by atoms with Crippen molar-refractivity contribution in [2.75, 3.05) is 18.0 Å². The molecule has 0 spiro atoms. The van der Waals surface area contributed by atoms with Crippen molar-refractivity contribution in [3.63, 3.8) is 0 Å². The highest BCUT2D eigenvalue weighted by molar-refractivity contribution is 5.94. The maximum Gasteiger partial charge on any atom is 0.407 e. The van der Waals surface area contributed by atoms with Crippen LogP contribution in [-0.4, -0.2) is 46.6 Å². The number of carbonyl (C=O) groups is 2. The van der Waals surface area contributed by atoms with Crippen molar-refractivity contribution >= 4 is 17.6 Å². The molecule has 0 radical (unpaired) electrons. The molecule has 6 heteroatoms. The first-order valence-corrected chi connectivity index (χ1v) is 8.14. The fraction of sp³-hybridized carbons (Fsp3) is 0.556. The maximum atomic E-state index is 14.2. The Labute approximate surface area is 141 Å². The number of likely N-dealkylation sites (tertiary alicyclic amines) is 1. The van der Waals surface area contributed by atoms with E-state index in [1.165, 1.54) is 19.1 Å². The molecule has 2 atom stereocenters. The minimum atomic E-state index is -0.898. The lowest BCUT2D eigenvalue weighted by Crippen LogP contribution is -2.61. The molecule has 0 aromatic heterocycles. The predicted octanol–water partition coefficient (Wildman–Crippen LogP) is 3.39. The van der Waals surface area contributed by atoms with Gasteiger partial charge in [0.05, 0.1) is 11.1 Å². The number of carbonyl (C=O) groups excluding carboxylic acids is 1. The van der Waals surface area contributed by atoms with Crippen LogP contribution in [-0.2, 0) is 0 Å². The topological polar surface area (TPSA) is 60.9 Å². The number of ketones is 1. The van der Waals surface area contributed by atoms with Gasteiger partial charge in [-0.1, -0.05) is 20.8 Å². The molecule has 24 heavy (non-hydrogen) atoms. The summed E-state index contributed by atoms with van der Waals surface area (Å²) in [6, 6.07) is 4.68. The van der Waals surface area contributed by atoms with Gasteiger partial charge in [0.2, 0.25) is 0 Å². The molecule has 2 bridgehead atoms. The number of fused-ring (bicyclic) bond motifs is 2. The van der Waals surface area contributed by atoms with Gasteiger partial charge in [-0.05, 0) is 37.0 Å². The smallest absolute Gasteiger partial charge is 0.407 e. The van der Waals surface area contributed by atoms with E-state index in [9.17, 15) is 19.1 Å². The Morgan fingerprint density at radius 3 is 2.50 bits per heavy atom. The third-order valence-corrected chi connectivity index (χ3v) is 5.65. The number of rotatable bonds is 2. The van der Waals surface area contributed by atoms with Crippen LogP contribution in [0.15, 0.2) is 18.2 Å². The van der Waals surface area contributed by atoms with Crippen molar-refractivity contribution in [2.24, 2.45) is 5.41 Å². The van der Waals surface area contributed by atoms with Gasteiger partial charge in [0.1, 0.15) is 5.82 Å². The van der Waals surface area contributed by atoms with Crippen molar-refractivity contribution in [3.8, 4) is 0 Å². The molecule has 1 N–H and O–H groups in total. The molecule has 5 nitrogen and oxygen atoms in total. The molecule has 3 rings (SSSR count). The molecular weight excluding hydrogens is 311 g/mol. The average molecular weight is 334 g/mol. The zero-order valence-electron chi connectivity index (χ0n) is 14.5. The highest BCUT2D eigenvalue weighted by Gasteiger charge is 2.61. The number of amides is 1. The van der Waals surface area contributed by atoms with E-state index < -0.39 is 17.4 Å². The van der Waals surface area contributed by atoms with Crippen molar-refractivity contribution in [1.82, 2.24) is 4.90 Å². The predicted molar refractivity (Wildman–Crippen MR) is 89.1 cm³/mol. The fourth-order valence-electron chi connectivity index (χ4n) is 4.20. The second-order valence-electron chi connectivity index (χ2n) is 7.88. The van der Waals surface area contributed by atoms with Crippen LogP contribution in [0.5, 0.6) is 0 Å². The molecular formula is C18H23FN2O3. The maximum absolute atomic E-state index is 14.2. The van der Waals surface area contributed by atoms with Crippen LogP contribution >= 0.6 is 0 Å². The number of hydrogen-bond acceptors (Lipinski definition) is 3. The molecule has 1 aromatic rings. The van der Waals surface area contributed by atoms with Gasteiger partial charge >= 0.3 is 6.09 Å². The van der Waals surface area contributed by atoms with Crippen LogP contribution in [0, 0.1) is 11.2 Å². The van der Waals surface area contributed by atoms with Gasteiger partial charge < -0.3 is 10.0 Å². The lowest BCUT2D eigenvalue weighted by molar-refractivity contribution is 0.0363. The monoisotopic (exact) mass is 334 g/mol.